The highest BCUT2D eigenvalue weighted by Crippen LogP contribution is 2.27. The molecular formula is C13H12N2O4S. The zero-order valence-electron chi connectivity index (χ0n) is 11.0. The summed E-state index contributed by atoms with van der Waals surface area (Å²) in [6, 6.07) is 4.79. The fourth-order valence-electron chi connectivity index (χ4n) is 1.64. The number of hydrogen-bond donors (Lipinski definition) is 0. The minimum Gasteiger partial charge on any atom is -0.442 e. The van der Waals surface area contributed by atoms with Gasteiger partial charge in [0.15, 0.2) is 9.84 Å². The van der Waals surface area contributed by atoms with Crippen molar-refractivity contribution in [2.75, 3.05) is 6.26 Å². The Morgan fingerprint density at radius 2 is 2.20 bits per heavy atom. The lowest BCUT2D eigenvalue weighted by Gasteiger charge is -2.07. The predicted molar refractivity (Wildman–Crippen MR) is 71.1 cm³/mol. The van der Waals surface area contributed by atoms with Gasteiger partial charge in [-0.15, -0.1) is 10.2 Å². The van der Waals surface area contributed by atoms with Crippen LogP contribution in [0.15, 0.2) is 33.9 Å². The van der Waals surface area contributed by atoms with Gasteiger partial charge in [0.1, 0.15) is 12.7 Å². The minimum absolute atomic E-state index is 0.132. The van der Waals surface area contributed by atoms with E-state index in [4.69, 9.17) is 9.15 Å². The normalized spacial score (nSPS) is 10.7. The van der Waals surface area contributed by atoms with Crippen molar-refractivity contribution in [2.24, 2.45) is 0 Å². The molecule has 2 rings (SSSR count). The maximum absolute atomic E-state index is 11.8. The van der Waals surface area contributed by atoms with Crippen LogP contribution in [-0.2, 0) is 21.2 Å². The Hall–Kier alpha value is -2.33. The Bertz CT molecular complexity index is 755. The van der Waals surface area contributed by atoms with Crippen molar-refractivity contribution in [3.8, 4) is 23.5 Å². The standard InChI is InChI=1S/C13H12N2O4S/c1-3-6-18-8-10-4-5-12(20(2,16)17)11(7-10)13-15-14-9-19-13/h4-5,7,9H,8H2,1-2H3. The molecule has 20 heavy (non-hydrogen) atoms. The Morgan fingerprint density at radius 3 is 2.80 bits per heavy atom. The van der Waals surface area contributed by atoms with Crippen LogP contribution in [0.5, 0.6) is 0 Å². The Kier molecular flexibility index (Phi) is 4.05. The lowest BCUT2D eigenvalue weighted by Crippen LogP contribution is -2.01. The first-order valence-corrected chi connectivity index (χ1v) is 7.54. The summed E-state index contributed by atoms with van der Waals surface area (Å²) in [5.74, 6) is 2.75. The van der Waals surface area contributed by atoms with Crippen molar-refractivity contribution in [3.63, 3.8) is 0 Å². The molecule has 7 heteroatoms. The first-order chi connectivity index (χ1) is 9.52. The molecule has 0 aliphatic rings. The highest BCUT2D eigenvalue weighted by atomic mass is 32.2. The number of aromatic nitrogens is 2. The average molecular weight is 292 g/mol. The van der Waals surface area contributed by atoms with E-state index in [-0.39, 0.29) is 17.4 Å². The second-order valence-corrected chi connectivity index (χ2v) is 5.97. The molecule has 0 amide bonds. The number of ether oxygens (including phenoxy) is 1. The Morgan fingerprint density at radius 1 is 1.40 bits per heavy atom. The molecule has 0 saturated carbocycles. The molecule has 2 aromatic rings. The third-order valence-electron chi connectivity index (χ3n) is 2.45. The molecule has 1 aromatic heterocycles. The first kappa shape index (κ1) is 14.1. The van der Waals surface area contributed by atoms with E-state index in [1.54, 1.807) is 19.1 Å². The van der Waals surface area contributed by atoms with Crippen molar-refractivity contribution < 1.29 is 17.6 Å². The monoisotopic (exact) mass is 292 g/mol. The van der Waals surface area contributed by atoms with Crippen molar-refractivity contribution in [2.45, 2.75) is 18.4 Å². The summed E-state index contributed by atoms with van der Waals surface area (Å²) in [5.41, 5.74) is 1.11. The highest BCUT2D eigenvalue weighted by Gasteiger charge is 2.18. The summed E-state index contributed by atoms with van der Waals surface area (Å²) >= 11 is 0. The molecule has 0 aliphatic carbocycles. The number of benzene rings is 1. The third kappa shape index (κ3) is 3.16. The molecule has 0 bridgehead atoms. The zero-order valence-corrected chi connectivity index (χ0v) is 11.8. The lowest BCUT2D eigenvalue weighted by molar-refractivity contribution is 0.265. The van der Waals surface area contributed by atoms with Gasteiger partial charge < -0.3 is 9.15 Å². The molecule has 0 spiro atoms. The minimum atomic E-state index is -3.40. The van der Waals surface area contributed by atoms with Crippen LogP contribution in [0, 0.1) is 12.0 Å². The highest BCUT2D eigenvalue weighted by molar-refractivity contribution is 7.90. The van der Waals surface area contributed by atoms with Crippen LogP contribution in [0.4, 0.5) is 0 Å². The molecule has 0 radical (unpaired) electrons. The maximum Gasteiger partial charge on any atom is 0.248 e. The molecule has 0 aliphatic heterocycles. The molecule has 1 heterocycles. The number of nitrogens with zero attached hydrogens (tertiary/aromatic N) is 2. The van der Waals surface area contributed by atoms with Gasteiger partial charge in [0, 0.05) is 13.2 Å². The largest absolute Gasteiger partial charge is 0.442 e. The Balaban J connectivity index is 2.47. The van der Waals surface area contributed by atoms with Gasteiger partial charge in [0.25, 0.3) is 0 Å². The van der Waals surface area contributed by atoms with Crippen molar-refractivity contribution in [1.82, 2.24) is 10.2 Å². The van der Waals surface area contributed by atoms with Gasteiger partial charge in [-0.3, -0.25) is 0 Å². The summed E-state index contributed by atoms with van der Waals surface area (Å²) < 4.78 is 33.7. The van der Waals surface area contributed by atoms with Gasteiger partial charge >= 0.3 is 0 Å². The molecule has 0 N–H and O–H groups in total. The number of sulfone groups is 1. The molecular weight excluding hydrogens is 280 g/mol. The fourth-order valence-corrected chi connectivity index (χ4v) is 2.50. The van der Waals surface area contributed by atoms with Crippen LogP contribution in [0.2, 0.25) is 0 Å². The van der Waals surface area contributed by atoms with Crippen LogP contribution in [-0.4, -0.2) is 24.9 Å². The van der Waals surface area contributed by atoms with Crippen LogP contribution < -0.4 is 0 Å². The molecule has 0 fully saturated rings. The van der Waals surface area contributed by atoms with E-state index in [1.165, 1.54) is 6.07 Å². The van der Waals surface area contributed by atoms with Crippen LogP contribution in [0.3, 0.4) is 0 Å². The maximum atomic E-state index is 11.8. The van der Waals surface area contributed by atoms with Crippen LogP contribution in [0.1, 0.15) is 12.5 Å². The quantitative estimate of drug-likeness (QED) is 0.797. The molecule has 1 aromatic carbocycles. The first-order valence-electron chi connectivity index (χ1n) is 5.65. The second kappa shape index (κ2) is 5.75. The van der Waals surface area contributed by atoms with Crippen LogP contribution in [0.25, 0.3) is 11.5 Å². The zero-order chi connectivity index (χ0) is 14.6. The van der Waals surface area contributed by atoms with E-state index in [1.807, 2.05) is 0 Å². The SMILES string of the molecule is CC#COCc1ccc(S(C)(=O)=O)c(-c2nnco2)c1. The van der Waals surface area contributed by atoms with E-state index >= 15 is 0 Å². The van der Waals surface area contributed by atoms with Crippen molar-refractivity contribution >= 4 is 9.84 Å². The lowest BCUT2D eigenvalue weighted by atomic mass is 10.1. The number of hydrogen-bond acceptors (Lipinski definition) is 6. The fraction of sp³-hybridized carbons (Fsp3) is 0.231. The Labute approximate surface area is 116 Å². The van der Waals surface area contributed by atoms with Gasteiger partial charge in [0.2, 0.25) is 12.3 Å². The van der Waals surface area contributed by atoms with Gasteiger partial charge in [-0.05, 0) is 17.7 Å². The van der Waals surface area contributed by atoms with E-state index in [9.17, 15) is 8.42 Å². The summed E-state index contributed by atoms with van der Waals surface area (Å²) in [6.45, 7) is 1.91. The topological polar surface area (TPSA) is 82.3 Å². The van der Waals surface area contributed by atoms with Gasteiger partial charge in [0.05, 0.1) is 10.5 Å². The van der Waals surface area contributed by atoms with Gasteiger partial charge in [-0.25, -0.2) is 8.42 Å². The van der Waals surface area contributed by atoms with Crippen molar-refractivity contribution in [1.29, 1.82) is 0 Å². The molecule has 0 unspecified atom stereocenters. The summed E-state index contributed by atoms with van der Waals surface area (Å²) in [4.78, 5) is 0.132. The summed E-state index contributed by atoms with van der Waals surface area (Å²) in [6.07, 6.45) is 4.75. The van der Waals surface area contributed by atoms with Crippen LogP contribution >= 0.6 is 0 Å². The van der Waals surface area contributed by atoms with E-state index in [0.717, 1.165) is 18.2 Å². The van der Waals surface area contributed by atoms with Gasteiger partial charge in [-0.2, -0.15) is 0 Å². The van der Waals surface area contributed by atoms with E-state index in [0.29, 0.717) is 5.56 Å². The van der Waals surface area contributed by atoms with Crippen molar-refractivity contribution in [3.05, 3.63) is 30.2 Å². The second-order valence-electron chi connectivity index (χ2n) is 3.99. The molecule has 104 valence electrons. The third-order valence-corrected chi connectivity index (χ3v) is 3.60. The van der Waals surface area contributed by atoms with E-state index in [2.05, 4.69) is 22.2 Å². The summed E-state index contributed by atoms with van der Waals surface area (Å²) in [7, 11) is -3.40. The van der Waals surface area contributed by atoms with Gasteiger partial charge in [-0.1, -0.05) is 12.0 Å². The molecule has 6 nitrogen and oxygen atoms in total. The average Bonchev–Trinajstić information content (AvgIpc) is 2.91. The molecule has 0 saturated heterocycles. The molecule has 0 atom stereocenters. The smallest absolute Gasteiger partial charge is 0.248 e. The van der Waals surface area contributed by atoms with E-state index < -0.39 is 9.84 Å². The summed E-state index contributed by atoms with van der Waals surface area (Å²) in [5, 5.41) is 7.31. The predicted octanol–water partition coefficient (Wildman–Crippen LogP) is 1.64. The number of rotatable bonds is 4.